The number of amides is 1. The molecule has 2 atom stereocenters. The zero-order valence-electron chi connectivity index (χ0n) is 9.36. The van der Waals surface area contributed by atoms with Gasteiger partial charge in [0.15, 0.2) is 0 Å². The Morgan fingerprint density at radius 1 is 1.64 bits per heavy atom. The minimum atomic E-state index is -0.212. The normalized spacial score (nSPS) is 25.6. The zero-order chi connectivity index (χ0) is 10.7. The molecule has 1 rings (SSSR count). The van der Waals surface area contributed by atoms with Gasteiger partial charge in [0.05, 0.1) is 6.04 Å². The van der Waals surface area contributed by atoms with E-state index >= 15 is 0 Å². The van der Waals surface area contributed by atoms with Crippen LogP contribution in [0.15, 0.2) is 0 Å². The highest BCUT2D eigenvalue weighted by Gasteiger charge is 2.30. The Hall–Kier alpha value is -0.610. The third-order valence-electron chi connectivity index (χ3n) is 2.91. The summed E-state index contributed by atoms with van der Waals surface area (Å²) in [6.07, 6.45) is 2.35. The number of primary amides is 1. The van der Waals surface area contributed by atoms with Crippen LogP contribution in [0.25, 0.3) is 0 Å². The number of carbonyl (C=O) groups is 1. The van der Waals surface area contributed by atoms with Gasteiger partial charge in [-0.15, -0.1) is 0 Å². The Balaban J connectivity index is 2.54. The second-order valence-electron chi connectivity index (χ2n) is 4.37. The van der Waals surface area contributed by atoms with Crippen molar-refractivity contribution in [1.82, 2.24) is 9.80 Å². The van der Waals surface area contributed by atoms with Gasteiger partial charge in [-0.2, -0.15) is 0 Å². The summed E-state index contributed by atoms with van der Waals surface area (Å²) in [7, 11) is 4.12. The molecule has 1 fully saturated rings. The average molecular weight is 199 g/mol. The molecule has 2 unspecified atom stereocenters. The monoisotopic (exact) mass is 199 g/mol. The van der Waals surface area contributed by atoms with Crippen LogP contribution in [0.5, 0.6) is 0 Å². The van der Waals surface area contributed by atoms with Crippen LogP contribution in [0, 0.1) is 0 Å². The minimum absolute atomic E-state index is 0.123. The van der Waals surface area contributed by atoms with E-state index in [2.05, 4.69) is 23.9 Å². The van der Waals surface area contributed by atoms with Crippen LogP contribution >= 0.6 is 0 Å². The molecule has 4 heteroatoms. The highest BCUT2D eigenvalue weighted by Crippen LogP contribution is 2.20. The summed E-state index contributed by atoms with van der Waals surface area (Å²) in [5, 5.41) is 0. The van der Waals surface area contributed by atoms with Gasteiger partial charge in [0, 0.05) is 12.6 Å². The molecule has 1 heterocycles. The van der Waals surface area contributed by atoms with E-state index in [-0.39, 0.29) is 11.9 Å². The number of nitrogens with two attached hydrogens (primary N) is 1. The smallest absolute Gasteiger partial charge is 0.234 e. The molecule has 1 amide bonds. The molecule has 0 aromatic rings. The SMILES string of the molecule is CC(C(N)=O)N1CCCC1CN(C)C. The number of nitrogens with zero attached hydrogens (tertiary/aromatic N) is 2. The minimum Gasteiger partial charge on any atom is -0.368 e. The summed E-state index contributed by atoms with van der Waals surface area (Å²) in [6, 6.07) is 0.370. The largest absolute Gasteiger partial charge is 0.368 e. The highest BCUT2D eigenvalue weighted by molar-refractivity contribution is 5.79. The first kappa shape index (κ1) is 11.5. The van der Waals surface area contributed by atoms with Crippen molar-refractivity contribution in [2.45, 2.75) is 31.8 Å². The van der Waals surface area contributed by atoms with Crippen LogP contribution in [0.3, 0.4) is 0 Å². The fraction of sp³-hybridized carbons (Fsp3) is 0.900. The highest BCUT2D eigenvalue weighted by atomic mass is 16.1. The van der Waals surface area contributed by atoms with E-state index in [9.17, 15) is 4.79 Å². The molecule has 0 aliphatic carbocycles. The Bertz CT molecular complexity index is 206. The lowest BCUT2D eigenvalue weighted by Gasteiger charge is -2.30. The summed E-state index contributed by atoms with van der Waals surface area (Å²) < 4.78 is 0. The topological polar surface area (TPSA) is 49.6 Å². The van der Waals surface area contributed by atoms with Crippen LogP contribution in [0.2, 0.25) is 0 Å². The first-order chi connectivity index (χ1) is 6.52. The Labute approximate surface area is 86.0 Å². The standard InChI is InChI=1S/C10H21N3O/c1-8(10(11)14)13-6-4-5-9(13)7-12(2)3/h8-9H,4-7H2,1-3H3,(H2,11,14). The van der Waals surface area contributed by atoms with Gasteiger partial charge in [-0.3, -0.25) is 9.69 Å². The quantitative estimate of drug-likeness (QED) is 0.687. The number of likely N-dealkylation sites (tertiary alicyclic amines) is 1. The second kappa shape index (κ2) is 4.75. The predicted molar refractivity (Wildman–Crippen MR) is 56.9 cm³/mol. The van der Waals surface area contributed by atoms with Crippen molar-refractivity contribution >= 4 is 5.91 Å². The summed E-state index contributed by atoms with van der Waals surface area (Å²) in [5.41, 5.74) is 5.31. The molecule has 82 valence electrons. The van der Waals surface area contributed by atoms with Gasteiger partial charge in [-0.1, -0.05) is 0 Å². The van der Waals surface area contributed by atoms with Crippen molar-refractivity contribution in [3.05, 3.63) is 0 Å². The summed E-state index contributed by atoms with van der Waals surface area (Å²) in [4.78, 5) is 15.5. The maximum Gasteiger partial charge on any atom is 0.234 e. The zero-order valence-corrected chi connectivity index (χ0v) is 9.36. The van der Waals surface area contributed by atoms with Crippen molar-refractivity contribution in [3.63, 3.8) is 0 Å². The number of likely N-dealkylation sites (N-methyl/N-ethyl adjacent to an activating group) is 1. The molecule has 0 radical (unpaired) electrons. The molecule has 0 bridgehead atoms. The molecular weight excluding hydrogens is 178 g/mol. The number of hydrogen-bond acceptors (Lipinski definition) is 3. The molecular formula is C10H21N3O. The van der Waals surface area contributed by atoms with Crippen molar-refractivity contribution in [1.29, 1.82) is 0 Å². The molecule has 1 aliphatic heterocycles. The molecule has 2 N–H and O–H groups in total. The summed E-state index contributed by atoms with van der Waals surface area (Å²) in [6.45, 7) is 3.91. The Kier molecular flexibility index (Phi) is 3.89. The van der Waals surface area contributed by atoms with Crippen molar-refractivity contribution < 1.29 is 4.79 Å². The molecule has 1 saturated heterocycles. The van der Waals surface area contributed by atoms with Crippen molar-refractivity contribution in [3.8, 4) is 0 Å². The first-order valence-electron chi connectivity index (χ1n) is 5.22. The van der Waals surface area contributed by atoms with Crippen LogP contribution in [-0.4, -0.2) is 55.0 Å². The van der Waals surface area contributed by atoms with E-state index < -0.39 is 0 Å². The molecule has 0 saturated carbocycles. The van der Waals surface area contributed by atoms with E-state index in [0.29, 0.717) is 6.04 Å². The van der Waals surface area contributed by atoms with E-state index in [1.165, 1.54) is 12.8 Å². The third kappa shape index (κ3) is 2.69. The van der Waals surface area contributed by atoms with Gasteiger partial charge in [-0.25, -0.2) is 0 Å². The maximum absolute atomic E-state index is 11.1. The van der Waals surface area contributed by atoms with Gasteiger partial charge >= 0.3 is 0 Å². The van der Waals surface area contributed by atoms with Gasteiger partial charge in [0.25, 0.3) is 0 Å². The average Bonchev–Trinajstić information content (AvgIpc) is 2.49. The van der Waals surface area contributed by atoms with Crippen LogP contribution in [0.4, 0.5) is 0 Å². The summed E-state index contributed by atoms with van der Waals surface area (Å²) in [5.74, 6) is -0.212. The van der Waals surface area contributed by atoms with Gasteiger partial charge in [0.1, 0.15) is 0 Å². The van der Waals surface area contributed by atoms with E-state index in [1.54, 1.807) is 0 Å². The lowest BCUT2D eigenvalue weighted by atomic mass is 10.2. The lowest BCUT2D eigenvalue weighted by Crippen LogP contribution is -2.48. The van der Waals surface area contributed by atoms with E-state index in [1.807, 2.05) is 6.92 Å². The third-order valence-corrected chi connectivity index (χ3v) is 2.91. The maximum atomic E-state index is 11.1. The lowest BCUT2D eigenvalue weighted by molar-refractivity contribution is -0.123. The van der Waals surface area contributed by atoms with Gasteiger partial charge in [-0.05, 0) is 40.4 Å². The van der Waals surface area contributed by atoms with E-state index in [4.69, 9.17) is 5.73 Å². The van der Waals surface area contributed by atoms with Crippen LogP contribution < -0.4 is 5.73 Å². The first-order valence-corrected chi connectivity index (χ1v) is 5.22. The fourth-order valence-corrected chi connectivity index (χ4v) is 2.15. The van der Waals surface area contributed by atoms with Crippen LogP contribution in [-0.2, 0) is 4.79 Å². The molecule has 1 aliphatic rings. The number of carbonyl (C=O) groups excluding carboxylic acids is 1. The Morgan fingerprint density at radius 2 is 2.29 bits per heavy atom. The number of hydrogen-bond donors (Lipinski definition) is 1. The summed E-state index contributed by atoms with van der Waals surface area (Å²) >= 11 is 0. The molecule has 4 nitrogen and oxygen atoms in total. The number of rotatable bonds is 4. The molecule has 0 aromatic heterocycles. The van der Waals surface area contributed by atoms with Gasteiger partial charge < -0.3 is 10.6 Å². The Morgan fingerprint density at radius 3 is 2.79 bits per heavy atom. The molecule has 0 spiro atoms. The second-order valence-corrected chi connectivity index (χ2v) is 4.37. The van der Waals surface area contributed by atoms with E-state index in [0.717, 1.165) is 13.1 Å². The molecule has 0 aromatic carbocycles. The molecule has 14 heavy (non-hydrogen) atoms. The van der Waals surface area contributed by atoms with Gasteiger partial charge in [0.2, 0.25) is 5.91 Å². The van der Waals surface area contributed by atoms with Crippen LogP contribution in [0.1, 0.15) is 19.8 Å². The fourth-order valence-electron chi connectivity index (χ4n) is 2.15. The van der Waals surface area contributed by atoms with Crippen molar-refractivity contribution in [2.24, 2.45) is 5.73 Å². The van der Waals surface area contributed by atoms with Crippen molar-refractivity contribution in [2.75, 3.05) is 27.2 Å². The predicted octanol–water partition coefficient (Wildman–Crippen LogP) is -0.114.